The summed E-state index contributed by atoms with van der Waals surface area (Å²) >= 11 is 3.37. The molecule has 1 atom stereocenters. The maximum Gasteiger partial charge on any atom is 0.407 e. The standard InChI is InChI=1S/C19H26N4O3S2/c1-3-26-19(25)22-14-5-4-10-23(11-14)18(24)20-9-8-15-6-7-17(28-15)16-12-27-13(2)21-16/h6-7,12,14H,3-5,8-11H2,1-2H3,(H,20,24)(H,22,25). The van der Waals surface area contributed by atoms with Gasteiger partial charge in [-0.3, -0.25) is 0 Å². The third-order valence-electron chi connectivity index (χ3n) is 4.49. The molecule has 1 saturated heterocycles. The summed E-state index contributed by atoms with van der Waals surface area (Å²) in [6, 6.07) is 4.05. The molecule has 0 saturated carbocycles. The van der Waals surface area contributed by atoms with Crippen LogP contribution >= 0.6 is 22.7 Å². The summed E-state index contributed by atoms with van der Waals surface area (Å²) in [4.78, 5) is 32.7. The van der Waals surface area contributed by atoms with Gasteiger partial charge in [-0.05, 0) is 45.2 Å². The Kier molecular flexibility index (Phi) is 7.27. The van der Waals surface area contributed by atoms with Crippen LogP contribution in [0.5, 0.6) is 0 Å². The average Bonchev–Trinajstić information content (AvgIpc) is 3.31. The van der Waals surface area contributed by atoms with Gasteiger partial charge in [0, 0.05) is 35.9 Å². The number of alkyl carbamates (subject to hydrolysis) is 1. The number of amides is 3. The number of rotatable bonds is 6. The number of likely N-dealkylation sites (tertiary alicyclic amines) is 1. The van der Waals surface area contributed by atoms with E-state index in [9.17, 15) is 9.59 Å². The molecule has 7 nitrogen and oxygen atoms in total. The summed E-state index contributed by atoms with van der Waals surface area (Å²) in [7, 11) is 0. The zero-order valence-corrected chi connectivity index (χ0v) is 17.8. The van der Waals surface area contributed by atoms with Crippen molar-refractivity contribution in [3.8, 4) is 10.6 Å². The molecule has 28 heavy (non-hydrogen) atoms. The lowest BCUT2D eigenvalue weighted by Gasteiger charge is -2.32. The summed E-state index contributed by atoms with van der Waals surface area (Å²) in [5.41, 5.74) is 1.02. The molecule has 2 aromatic rings. The number of aromatic nitrogens is 1. The van der Waals surface area contributed by atoms with Crippen LogP contribution in [0, 0.1) is 6.92 Å². The van der Waals surface area contributed by atoms with Gasteiger partial charge < -0.3 is 20.3 Å². The van der Waals surface area contributed by atoms with Crippen LogP contribution in [0.2, 0.25) is 0 Å². The second-order valence-corrected chi connectivity index (χ2v) is 8.88. The van der Waals surface area contributed by atoms with E-state index in [1.54, 1.807) is 34.5 Å². The second kappa shape index (κ2) is 9.88. The first-order chi connectivity index (χ1) is 13.5. The molecule has 3 amide bonds. The maximum absolute atomic E-state index is 12.4. The minimum atomic E-state index is -0.418. The van der Waals surface area contributed by atoms with Gasteiger partial charge in [0.2, 0.25) is 0 Å². The zero-order valence-electron chi connectivity index (χ0n) is 16.2. The number of carbonyl (C=O) groups is 2. The molecule has 3 rings (SSSR count). The molecular formula is C19H26N4O3S2. The molecule has 0 spiro atoms. The first-order valence-electron chi connectivity index (χ1n) is 9.52. The number of thiazole rings is 1. The highest BCUT2D eigenvalue weighted by molar-refractivity contribution is 7.16. The molecule has 1 unspecified atom stereocenters. The number of urea groups is 1. The van der Waals surface area contributed by atoms with E-state index in [1.807, 2.05) is 6.92 Å². The summed E-state index contributed by atoms with van der Waals surface area (Å²) in [5.74, 6) is 0. The van der Waals surface area contributed by atoms with E-state index in [-0.39, 0.29) is 12.1 Å². The molecule has 2 aromatic heterocycles. The van der Waals surface area contributed by atoms with Crippen LogP contribution in [-0.2, 0) is 11.2 Å². The Morgan fingerprint density at radius 3 is 3.00 bits per heavy atom. The minimum Gasteiger partial charge on any atom is -0.450 e. The largest absolute Gasteiger partial charge is 0.450 e. The number of ether oxygens (including phenoxy) is 1. The number of nitrogens with one attached hydrogen (secondary N) is 2. The van der Waals surface area contributed by atoms with Gasteiger partial charge in [-0.25, -0.2) is 14.6 Å². The van der Waals surface area contributed by atoms with Crippen molar-refractivity contribution in [2.75, 3.05) is 26.2 Å². The van der Waals surface area contributed by atoms with Crippen molar-refractivity contribution < 1.29 is 14.3 Å². The van der Waals surface area contributed by atoms with E-state index in [0.29, 0.717) is 26.2 Å². The fourth-order valence-electron chi connectivity index (χ4n) is 3.15. The number of thiophene rings is 1. The van der Waals surface area contributed by atoms with Crippen LogP contribution in [0.3, 0.4) is 0 Å². The highest BCUT2D eigenvalue weighted by atomic mass is 32.1. The summed E-state index contributed by atoms with van der Waals surface area (Å²) in [5, 5.41) is 8.95. The van der Waals surface area contributed by atoms with Crippen LogP contribution in [0.4, 0.5) is 9.59 Å². The van der Waals surface area contributed by atoms with Crippen molar-refractivity contribution >= 4 is 34.8 Å². The monoisotopic (exact) mass is 422 g/mol. The molecule has 3 heterocycles. The molecule has 9 heteroatoms. The van der Waals surface area contributed by atoms with Gasteiger partial charge in [0.1, 0.15) is 0 Å². The fourth-order valence-corrected chi connectivity index (χ4v) is 4.81. The highest BCUT2D eigenvalue weighted by Crippen LogP contribution is 2.29. The average molecular weight is 423 g/mol. The normalized spacial score (nSPS) is 16.6. The van der Waals surface area contributed by atoms with Crippen molar-refractivity contribution in [1.29, 1.82) is 0 Å². The number of hydrogen-bond donors (Lipinski definition) is 2. The first-order valence-corrected chi connectivity index (χ1v) is 11.2. The van der Waals surface area contributed by atoms with Crippen LogP contribution in [0.15, 0.2) is 17.5 Å². The van der Waals surface area contributed by atoms with Crippen molar-refractivity contribution in [1.82, 2.24) is 20.5 Å². The summed E-state index contributed by atoms with van der Waals surface area (Å²) < 4.78 is 4.92. The van der Waals surface area contributed by atoms with Gasteiger partial charge in [0.15, 0.2) is 0 Å². The van der Waals surface area contributed by atoms with Crippen molar-refractivity contribution in [3.63, 3.8) is 0 Å². The Bertz CT molecular complexity index is 805. The van der Waals surface area contributed by atoms with Crippen molar-refractivity contribution in [2.45, 2.75) is 39.2 Å². The lowest BCUT2D eigenvalue weighted by molar-refractivity contribution is 0.135. The fraction of sp³-hybridized carbons (Fsp3) is 0.526. The third-order valence-corrected chi connectivity index (χ3v) is 6.43. The molecule has 0 radical (unpaired) electrons. The summed E-state index contributed by atoms with van der Waals surface area (Å²) in [6.45, 7) is 5.92. The van der Waals surface area contributed by atoms with Crippen molar-refractivity contribution in [2.24, 2.45) is 0 Å². The third kappa shape index (κ3) is 5.68. The van der Waals surface area contributed by atoms with Crippen molar-refractivity contribution in [3.05, 3.63) is 27.4 Å². The maximum atomic E-state index is 12.4. The van der Waals surface area contributed by atoms with Crippen LogP contribution in [-0.4, -0.2) is 54.3 Å². The van der Waals surface area contributed by atoms with Gasteiger partial charge in [-0.15, -0.1) is 22.7 Å². The van der Waals surface area contributed by atoms with Gasteiger partial charge in [0.25, 0.3) is 0 Å². The number of carbonyl (C=O) groups excluding carboxylic acids is 2. The Hall–Kier alpha value is -2.13. The van der Waals surface area contributed by atoms with E-state index in [0.717, 1.165) is 34.8 Å². The molecule has 0 aliphatic carbocycles. The van der Waals surface area contributed by atoms with E-state index < -0.39 is 6.09 Å². The van der Waals surface area contributed by atoms with E-state index in [1.165, 1.54) is 4.88 Å². The highest BCUT2D eigenvalue weighted by Gasteiger charge is 2.24. The van der Waals surface area contributed by atoms with Crippen LogP contribution in [0.25, 0.3) is 10.6 Å². The predicted molar refractivity (Wildman–Crippen MR) is 112 cm³/mol. The molecule has 1 aliphatic rings. The first kappa shape index (κ1) is 20.6. The number of nitrogens with zero attached hydrogens (tertiary/aromatic N) is 2. The topological polar surface area (TPSA) is 83.6 Å². The van der Waals surface area contributed by atoms with E-state index in [2.05, 4.69) is 33.1 Å². The quantitative estimate of drug-likeness (QED) is 0.744. The molecule has 152 valence electrons. The zero-order chi connectivity index (χ0) is 19.9. The molecule has 1 fully saturated rings. The van der Waals surface area contributed by atoms with Gasteiger partial charge in [-0.1, -0.05) is 0 Å². The molecular weight excluding hydrogens is 396 g/mol. The SMILES string of the molecule is CCOC(=O)NC1CCCN(C(=O)NCCc2ccc(-c3csc(C)n3)s2)C1. The lowest BCUT2D eigenvalue weighted by Crippen LogP contribution is -2.52. The Balaban J connectivity index is 1.43. The number of piperidine rings is 1. The molecule has 1 aliphatic heterocycles. The van der Waals surface area contributed by atoms with Gasteiger partial charge >= 0.3 is 12.1 Å². The Morgan fingerprint density at radius 2 is 2.25 bits per heavy atom. The second-order valence-electron chi connectivity index (χ2n) is 6.65. The minimum absolute atomic E-state index is 0.0556. The van der Waals surface area contributed by atoms with Crippen LogP contribution < -0.4 is 10.6 Å². The number of hydrogen-bond acceptors (Lipinski definition) is 6. The molecule has 0 bridgehead atoms. The number of aryl methyl sites for hydroxylation is 1. The molecule has 0 aromatic carbocycles. The van der Waals surface area contributed by atoms with Gasteiger partial charge in [-0.2, -0.15) is 0 Å². The lowest BCUT2D eigenvalue weighted by atomic mass is 10.1. The Morgan fingerprint density at radius 1 is 1.39 bits per heavy atom. The predicted octanol–water partition coefficient (Wildman–Crippen LogP) is 3.64. The summed E-state index contributed by atoms with van der Waals surface area (Å²) in [6.07, 6.45) is 2.10. The van der Waals surface area contributed by atoms with E-state index in [4.69, 9.17) is 4.74 Å². The van der Waals surface area contributed by atoms with Gasteiger partial charge in [0.05, 0.1) is 22.2 Å². The van der Waals surface area contributed by atoms with Crippen LogP contribution in [0.1, 0.15) is 29.7 Å². The molecule has 2 N–H and O–H groups in total. The van der Waals surface area contributed by atoms with E-state index >= 15 is 0 Å². The Labute approximate surface area is 173 Å². The smallest absolute Gasteiger partial charge is 0.407 e.